The molecule has 3 atom stereocenters. The van der Waals surface area contributed by atoms with Crippen LogP contribution in [0.4, 0.5) is 0 Å². The van der Waals surface area contributed by atoms with Crippen molar-refractivity contribution in [1.29, 1.82) is 0 Å². The molecule has 0 aliphatic carbocycles. The fraction of sp³-hybridized carbons (Fsp3) is 0.803. The second kappa shape index (κ2) is 62.2. The Balaban J connectivity index is 2.25. The molecule has 0 saturated carbocycles. The quantitative estimate of drug-likeness (QED) is 0.0258. The number of nitrogens with zero attached hydrogens (tertiary/aromatic N) is 4. The summed E-state index contributed by atoms with van der Waals surface area (Å²) in [6.45, 7) is 8.04. The normalized spacial score (nSPS) is 14.3. The lowest BCUT2D eigenvalue weighted by Crippen LogP contribution is -2.50. The van der Waals surface area contributed by atoms with Crippen LogP contribution in [0.2, 0.25) is 0 Å². The van der Waals surface area contributed by atoms with Crippen LogP contribution < -0.4 is 48.7 Å². The van der Waals surface area contributed by atoms with E-state index in [2.05, 4.69) is 37.2 Å². The minimum Gasteiger partial charge on any atom is -0.480 e. The van der Waals surface area contributed by atoms with E-state index in [1.165, 1.54) is 0 Å². The number of amides is 9. The van der Waals surface area contributed by atoms with E-state index in [-0.39, 0.29) is 276 Å². The molecule has 0 bridgehead atoms. The molecule has 103 heavy (non-hydrogen) atoms. The van der Waals surface area contributed by atoms with Crippen LogP contribution in [0.25, 0.3) is 0 Å². The number of carboxylic acids is 3. The molecular formula is C66H119N13O24. The van der Waals surface area contributed by atoms with Gasteiger partial charge in [-0.05, 0) is 44.9 Å². The predicted molar refractivity (Wildman–Crippen MR) is 372 cm³/mol. The van der Waals surface area contributed by atoms with E-state index in [0.29, 0.717) is 84.1 Å². The molecule has 0 unspecified atom stereocenters. The lowest BCUT2D eigenvalue weighted by Gasteiger charge is -2.32. The third-order valence-corrected chi connectivity index (χ3v) is 15.8. The van der Waals surface area contributed by atoms with Crippen LogP contribution in [-0.4, -0.2) is 342 Å². The average molecular weight is 1480 g/mol. The van der Waals surface area contributed by atoms with Gasteiger partial charge < -0.3 is 102 Å². The van der Waals surface area contributed by atoms with Crippen molar-refractivity contribution in [2.75, 3.05) is 230 Å². The number of rotatable bonds is 64. The molecule has 0 spiro atoms. The zero-order chi connectivity index (χ0) is 76.1. The smallest absolute Gasteiger partial charge is 0.317 e. The second-order valence-corrected chi connectivity index (χ2v) is 24.7. The molecule has 1 aliphatic heterocycles. The lowest BCUT2D eigenvalue weighted by atomic mass is 9.95. The molecule has 1 aliphatic rings. The molecule has 0 aromatic rings. The Labute approximate surface area is 603 Å². The van der Waals surface area contributed by atoms with Crippen molar-refractivity contribution >= 4 is 76.9 Å². The number of carbonyl (C=O) groups excluding carboxylic acids is 10. The van der Waals surface area contributed by atoms with Crippen molar-refractivity contribution in [2.24, 2.45) is 29.2 Å². The number of unbranched alkanes of at least 4 members (excludes halogenated alkanes) is 3. The number of carboxylic acid groups (broad SMARTS) is 3. The largest absolute Gasteiger partial charge is 0.480 e. The monoisotopic (exact) mass is 1480 g/mol. The van der Waals surface area contributed by atoms with E-state index >= 15 is 0 Å². The van der Waals surface area contributed by atoms with E-state index in [0.717, 1.165) is 12.8 Å². The summed E-state index contributed by atoms with van der Waals surface area (Å²) in [6, 6.07) is 0. The summed E-state index contributed by atoms with van der Waals surface area (Å²) >= 11 is 0. The Hall–Kier alpha value is -7.17. The van der Waals surface area contributed by atoms with Gasteiger partial charge in [0.25, 0.3) is 0 Å². The van der Waals surface area contributed by atoms with Crippen LogP contribution in [0, 0.1) is 17.8 Å². The van der Waals surface area contributed by atoms with Gasteiger partial charge in [-0.25, -0.2) is 0 Å². The van der Waals surface area contributed by atoms with Crippen molar-refractivity contribution in [3.8, 4) is 0 Å². The standard InChI is InChI=1S/C66H119N13O24/c1-51(64(67)93)10-3-6-16-70-58(84)48-101-39-37-99-33-21-74-60(86)49-102-40-35-96-30-18-71-56(82)14-9-13-55(81)69-15-8-5-12-53(66(95)75-17-7-4-11-52(2)65(68)94)42-54(80)47-100-38-34-98-32-20-73-59(85)50-103-41-36-97-31-19-72-57(83)43-76-22-24-77(44-61(87)88)26-28-79(46-63(91)92)29-27-78(25-23-76)45-62(89)90/h51-53H,3-50H2,1-2H3,(H2,67,93)(H2,68,94)(H,69,81)(H,70,84)(H,71,82)(H,72,83)(H,73,85)(H,74,86)(H,75,95)(H,87,88)(H,89,90)(H,91,92)/t51-,52-,53+/m0/s1. The summed E-state index contributed by atoms with van der Waals surface area (Å²) < 4.78 is 43.4. The number of nitrogens with two attached hydrogens (primary N) is 2. The van der Waals surface area contributed by atoms with Gasteiger partial charge >= 0.3 is 17.9 Å². The first kappa shape index (κ1) is 93.8. The van der Waals surface area contributed by atoms with Gasteiger partial charge in [0, 0.05) is 135 Å². The highest BCUT2D eigenvalue weighted by Gasteiger charge is 2.24. The fourth-order valence-electron chi connectivity index (χ4n) is 9.82. The molecule has 592 valence electrons. The summed E-state index contributed by atoms with van der Waals surface area (Å²) in [5, 5.41) is 47.6. The van der Waals surface area contributed by atoms with Crippen LogP contribution in [0.1, 0.15) is 97.3 Å². The number of aliphatic carboxylic acids is 3. The molecule has 1 heterocycles. The van der Waals surface area contributed by atoms with Gasteiger partial charge in [-0.3, -0.25) is 81.9 Å². The van der Waals surface area contributed by atoms with Crippen LogP contribution in [0.3, 0.4) is 0 Å². The zero-order valence-corrected chi connectivity index (χ0v) is 60.5. The van der Waals surface area contributed by atoms with Crippen molar-refractivity contribution in [2.45, 2.75) is 97.3 Å². The minimum atomic E-state index is -1.05. The highest BCUT2D eigenvalue weighted by molar-refractivity contribution is 5.87. The van der Waals surface area contributed by atoms with Gasteiger partial charge in [0.1, 0.15) is 26.4 Å². The Morgan fingerprint density at radius 2 is 0.621 bits per heavy atom. The number of carbonyl (C=O) groups is 13. The lowest BCUT2D eigenvalue weighted by molar-refractivity contribution is -0.140. The zero-order valence-electron chi connectivity index (χ0n) is 60.5. The number of hydrogen-bond donors (Lipinski definition) is 12. The molecule has 0 radical (unpaired) electrons. The van der Waals surface area contributed by atoms with Gasteiger partial charge in [0.2, 0.25) is 53.2 Å². The summed E-state index contributed by atoms with van der Waals surface area (Å²) in [7, 11) is 0. The third-order valence-electron chi connectivity index (χ3n) is 15.8. The first-order valence-electron chi connectivity index (χ1n) is 35.6. The maximum atomic E-state index is 13.3. The van der Waals surface area contributed by atoms with E-state index in [1.54, 1.807) is 33.4 Å². The molecule has 0 aromatic heterocycles. The molecule has 9 amide bonds. The van der Waals surface area contributed by atoms with Gasteiger partial charge in [0.05, 0.1) is 105 Å². The molecule has 0 aromatic carbocycles. The SMILES string of the molecule is C[C@@H](CCCCNC(=O)COCCOCCNC(=O)COCCOCCNC(=O)CCCC(=O)NCCCC[C@H](CC(=O)COCCOCCNC(=O)COCCOCCNC(=O)CN1CCN(CC(=O)O)CCN(CC(=O)O)CCN(CC(=O)O)CC1)C(=O)NCCCC[C@H](C)C(N)=O)C(N)=O. The number of ether oxygens (including phenoxy) is 8. The van der Waals surface area contributed by atoms with Crippen molar-refractivity contribution < 1.29 is 116 Å². The Kier molecular flexibility index (Phi) is 56.7. The van der Waals surface area contributed by atoms with Crippen molar-refractivity contribution in [3.63, 3.8) is 0 Å². The number of ketones is 1. The predicted octanol–water partition coefficient (Wildman–Crippen LogP) is -4.09. The molecule has 14 N–H and O–H groups in total. The topological polar surface area (TPSA) is 506 Å². The molecule has 1 rings (SSSR count). The molecule has 37 nitrogen and oxygen atoms in total. The van der Waals surface area contributed by atoms with Gasteiger partial charge in [-0.15, -0.1) is 0 Å². The van der Waals surface area contributed by atoms with Crippen LogP contribution in [-0.2, 0) is 100 Å². The Bertz CT molecular complexity index is 2430. The number of hydrogen-bond acceptors (Lipinski definition) is 25. The number of Topliss-reactive ketones (excluding diaryl/α,β-unsaturated/α-hetero) is 1. The van der Waals surface area contributed by atoms with E-state index in [1.807, 2.05) is 0 Å². The molecule has 1 fully saturated rings. The Morgan fingerprint density at radius 3 is 0.981 bits per heavy atom. The summed E-state index contributed by atoms with van der Waals surface area (Å²) in [5.74, 6) is -7.37. The minimum absolute atomic E-state index is 0.0430. The van der Waals surface area contributed by atoms with E-state index < -0.39 is 35.6 Å². The van der Waals surface area contributed by atoms with Gasteiger partial charge in [-0.2, -0.15) is 0 Å². The number of primary amides is 2. The second-order valence-electron chi connectivity index (χ2n) is 24.7. The van der Waals surface area contributed by atoms with Gasteiger partial charge in [-0.1, -0.05) is 33.1 Å². The highest BCUT2D eigenvalue weighted by atomic mass is 16.5. The van der Waals surface area contributed by atoms with Crippen molar-refractivity contribution in [1.82, 2.24) is 56.8 Å². The fourth-order valence-corrected chi connectivity index (χ4v) is 9.82. The molecular weight excluding hydrogens is 1360 g/mol. The van der Waals surface area contributed by atoms with Crippen LogP contribution in [0.15, 0.2) is 0 Å². The Morgan fingerprint density at radius 1 is 0.330 bits per heavy atom. The van der Waals surface area contributed by atoms with E-state index in [9.17, 15) is 77.6 Å². The molecule has 37 heteroatoms. The van der Waals surface area contributed by atoms with Crippen molar-refractivity contribution in [3.05, 3.63) is 0 Å². The van der Waals surface area contributed by atoms with Gasteiger partial charge in [0.15, 0.2) is 5.78 Å². The first-order chi connectivity index (χ1) is 49.4. The third kappa shape index (κ3) is 57.9. The molecule has 1 saturated heterocycles. The van der Waals surface area contributed by atoms with E-state index in [4.69, 9.17) is 49.4 Å². The average Bonchev–Trinajstić information content (AvgIpc) is 1.31. The van der Waals surface area contributed by atoms with Crippen LogP contribution in [0.5, 0.6) is 0 Å². The van der Waals surface area contributed by atoms with Crippen LogP contribution >= 0.6 is 0 Å². The summed E-state index contributed by atoms with van der Waals surface area (Å²) in [4.78, 5) is 164. The maximum Gasteiger partial charge on any atom is 0.317 e. The highest BCUT2D eigenvalue weighted by Crippen LogP contribution is 2.15. The summed E-state index contributed by atoms with van der Waals surface area (Å²) in [5.41, 5.74) is 10.6. The number of nitrogens with one attached hydrogen (secondary N) is 7. The maximum absolute atomic E-state index is 13.3. The summed E-state index contributed by atoms with van der Waals surface area (Å²) in [6.07, 6.45) is 5.98. The first-order valence-corrected chi connectivity index (χ1v) is 35.6.